The molecule has 0 bridgehead atoms. The van der Waals surface area contributed by atoms with Crippen molar-refractivity contribution in [3.63, 3.8) is 0 Å². The van der Waals surface area contributed by atoms with Crippen LogP contribution in [-0.4, -0.2) is 58.2 Å². The van der Waals surface area contributed by atoms with Gasteiger partial charge in [-0.2, -0.15) is 5.10 Å². The number of aryl methyl sites for hydroxylation is 1. The van der Waals surface area contributed by atoms with Gasteiger partial charge in [0.25, 0.3) is 5.91 Å². The Hall–Kier alpha value is -1.66. The fourth-order valence-electron chi connectivity index (χ4n) is 3.16. The first-order valence-corrected chi connectivity index (χ1v) is 9.50. The number of carbonyl (C=O) groups excluding carboxylic acids is 1. The van der Waals surface area contributed by atoms with Crippen LogP contribution in [0.15, 0.2) is 23.7 Å². The lowest BCUT2D eigenvalue weighted by Gasteiger charge is -2.34. The maximum absolute atomic E-state index is 12.8. The minimum atomic E-state index is 0.129. The third kappa shape index (κ3) is 3.87. The molecule has 6 heteroatoms. The van der Waals surface area contributed by atoms with Crippen LogP contribution in [0.4, 0.5) is 0 Å². The zero-order valence-corrected chi connectivity index (χ0v) is 15.6. The molecule has 3 heterocycles. The van der Waals surface area contributed by atoms with Crippen LogP contribution in [0.3, 0.4) is 0 Å². The number of carbonyl (C=O) groups is 1. The molecule has 1 aliphatic rings. The molecule has 0 aromatic carbocycles. The number of rotatable bonds is 5. The predicted octanol–water partition coefficient (Wildman–Crippen LogP) is 2.61. The molecule has 1 fully saturated rings. The summed E-state index contributed by atoms with van der Waals surface area (Å²) in [6.07, 6.45) is 2.96. The quantitative estimate of drug-likeness (QED) is 0.836. The fraction of sp³-hybridized carbons (Fsp3) is 0.556. The zero-order chi connectivity index (χ0) is 17.1. The lowest BCUT2D eigenvalue weighted by atomic mass is 10.1. The molecule has 3 rings (SSSR count). The van der Waals surface area contributed by atoms with Crippen LogP contribution >= 0.6 is 11.3 Å². The molecule has 0 saturated carbocycles. The molecule has 5 nitrogen and oxygen atoms in total. The average molecular weight is 347 g/mol. The summed E-state index contributed by atoms with van der Waals surface area (Å²) in [6.45, 7) is 8.75. The van der Waals surface area contributed by atoms with Gasteiger partial charge in [-0.1, -0.05) is 19.9 Å². The Bertz CT molecular complexity index is 669. The molecule has 1 amide bonds. The van der Waals surface area contributed by atoms with E-state index < -0.39 is 0 Å². The summed E-state index contributed by atoms with van der Waals surface area (Å²) in [5.74, 6) is 0.391. The van der Waals surface area contributed by atoms with Gasteiger partial charge in [-0.15, -0.1) is 11.3 Å². The maximum Gasteiger partial charge on any atom is 0.257 e. The number of thiophene rings is 1. The number of aromatic nitrogens is 2. The molecule has 2 aromatic heterocycles. The zero-order valence-electron chi connectivity index (χ0n) is 14.7. The number of hydrogen-bond donors (Lipinski definition) is 0. The van der Waals surface area contributed by atoms with E-state index in [1.54, 1.807) is 4.68 Å². The highest BCUT2D eigenvalue weighted by atomic mass is 32.1. The average Bonchev–Trinajstić information content (AvgIpc) is 3.22. The van der Waals surface area contributed by atoms with Gasteiger partial charge in [-0.25, -0.2) is 0 Å². The van der Waals surface area contributed by atoms with Crippen LogP contribution in [-0.2, 0) is 13.5 Å². The lowest BCUT2D eigenvalue weighted by molar-refractivity contribution is 0.0637. The molecule has 24 heavy (non-hydrogen) atoms. The van der Waals surface area contributed by atoms with E-state index in [4.69, 9.17) is 0 Å². The van der Waals surface area contributed by atoms with Crippen molar-refractivity contribution in [2.24, 2.45) is 7.05 Å². The second kappa shape index (κ2) is 7.49. The summed E-state index contributed by atoms with van der Waals surface area (Å²) in [6, 6.07) is 4.30. The second-order valence-corrected chi connectivity index (χ2v) is 7.75. The van der Waals surface area contributed by atoms with Gasteiger partial charge < -0.3 is 4.90 Å². The van der Waals surface area contributed by atoms with E-state index in [0.29, 0.717) is 0 Å². The Morgan fingerprint density at radius 1 is 1.29 bits per heavy atom. The SMILES string of the molecule is CC(C)c1nn(C)cc1C(=O)N1CCN(CCc2cccs2)CC1. The molecule has 0 radical (unpaired) electrons. The van der Waals surface area contributed by atoms with Crippen LogP contribution in [0.25, 0.3) is 0 Å². The highest BCUT2D eigenvalue weighted by molar-refractivity contribution is 7.09. The topological polar surface area (TPSA) is 41.4 Å². The molecule has 1 aliphatic heterocycles. The Morgan fingerprint density at radius 3 is 2.67 bits per heavy atom. The van der Waals surface area contributed by atoms with E-state index in [1.165, 1.54) is 4.88 Å². The predicted molar refractivity (Wildman–Crippen MR) is 97.7 cm³/mol. The van der Waals surface area contributed by atoms with Crippen LogP contribution < -0.4 is 0 Å². The van der Waals surface area contributed by atoms with Gasteiger partial charge in [0, 0.05) is 50.8 Å². The molecular weight excluding hydrogens is 320 g/mol. The van der Waals surface area contributed by atoms with Gasteiger partial charge in [0.05, 0.1) is 11.3 Å². The van der Waals surface area contributed by atoms with Gasteiger partial charge in [0.15, 0.2) is 0 Å². The standard InChI is InChI=1S/C18H26N4OS/c1-14(2)17-16(13-20(3)19-17)18(23)22-10-8-21(9-11-22)7-6-15-5-4-12-24-15/h4-5,12-14H,6-11H2,1-3H3. The minimum Gasteiger partial charge on any atom is -0.336 e. The van der Waals surface area contributed by atoms with Crippen molar-refractivity contribution in [3.05, 3.63) is 39.8 Å². The smallest absolute Gasteiger partial charge is 0.257 e. The van der Waals surface area contributed by atoms with Crippen molar-refractivity contribution in [2.45, 2.75) is 26.2 Å². The first kappa shape index (κ1) is 17.2. The van der Waals surface area contributed by atoms with Gasteiger partial charge in [-0.3, -0.25) is 14.4 Å². The van der Waals surface area contributed by atoms with E-state index in [1.807, 2.05) is 29.5 Å². The summed E-state index contributed by atoms with van der Waals surface area (Å²) in [5, 5.41) is 6.59. The summed E-state index contributed by atoms with van der Waals surface area (Å²) >= 11 is 1.82. The Morgan fingerprint density at radius 2 is 2.04 bits per heavy atom. The first-order valence-electron chi connectivity index (χ1n) is 8.62. The molecule has 2 aromatic rings. The van der Waals surface area contributed by atoms with E-state index in [9.17, 15) is 4.79 Å². The number of nitrogens with zero attached hydrogens (tertiary/aromatic N) is 4. The number of hydrogen-bond acceptors (Lipinski definition) is 4. The van der Waals surface area contributed by atoms with E-state index in [0.717, 1.165) is 50.4 Å². The maximum atomic E-state index is 12.8. The summed E-state index contributed by atoms with van der Waals surface area (Å²) in [7, 11) is 1.88. The van der Waals surface area contributed by atoms with E-state index >= 15 is 0 Å². The largest absolute Gasteiger partial charge is 0.336 e. The lowest BCUT2D eigenvalue weighted by Crippen LogP contribution is -2.49. The molecule has 0 N–H and O–H groups in total. The van der Waals surface area contributed by atoms with Crippen LogP contribution in [0.5, 0.6) is 0 Å². The fourth-order valence-corrected chi connectivity index (χ4v) is 3.86. The van der Waals surface area contributed by atoms with Crippen LogP contribution in [0.2, 0.25) is 0 Å². The van der Waals surface area contributed by atoms with Gasteiger partial charge in [0.1, 0.15) is 0 Å². The third-order valence-corrected chi connectivity index (χ3v) is 5.48. The molecule has 0 aliphatic carbocycles. The molecule has 0 atom stereocenters. The Labute approximate surface area is 147 Å². The van der Waals surface area contributed by atoms with Gasteiger partial charge in [0.2, 0.25) is 0 Å². The normalized spacial score (nSPS) is 16.1. The third-order valence-electron chi connectivity index (χ3n) is 4.55. The van der Waals surface area contributed by atoms with Crippen molar-refractivity contribution in [2.75, 3.05) is 32.7 Å². The Balaban J connectivity index is 1.55. The molecule has 0 unspecified atom stereocenters. The number of piperazine rings is 1. The van der Waals surface area contributed by atoms with Crippen molar-refractivity contribution in [3.8, 4) is 0 Å². The summed E-state index contributed by atoms with van der Waals surface area (Å²) in [5.41, 5.74) is 1.67. The molecule has 1 saturated heterocycles. The van der Waals surface area contributed by atoms with Crippen LogP contribution in [0, 0.1) is 0 Å². The van der Waals surface area contributed by atoms with E-state index in [-0.39, 0.29) is 11.8 Å². The van der Waals surface area contributed by atoms with Crippen LogP contribution in [0.1, 0.15) is 40.7 Å². The minimum absolute atomic E-state index is 0.129. The van der Waals surface area contributed by atoms with Crippen molar-refractivity contribution in [1.82, 2.24) is 19.6 Å². The van der Waals surface area contributed by atoms with E-state index in [2.05, 4.69) is 41.4 Å². The monoisotopic (exact) mass is 346 g/mol. The molecule has 130 valence electrons. The van der Waals surface area contributed by atoms with Crippen molar-refractivity contribution < 1.29 is 4.79 Å². The number of amides is 1. The first-order chi connectivity index (χ1) is 11.5. The molecular formula is C18H26N4OS. The van der Waals surface area contributed by atoms with Crippen molar-refractivity contribution in [1.29, 1.82) is 0 Å². The highest BCUT2D eigenvalue weighted by Gasteiger charge is 2.26. The Kier molecular flexibility index (Phi) is 5.36. The van der Waals surface area contributed by atoms with Gasteiger partial charge >= 0.3 is 0 Å². The summed E-state index contributed by atoms with van der Waals surface area (Å²) in [4.78, 5) is 18.7. The van der Waals surface area contributed by atoms with Gasteiger partial charge in [-0.05, 0) is 23.8 Å². The van der Waals surface area contributed by atoms with Crippen molar-refractivity contribution >= 4 is 17.2 Å². The molecule has 0 spiro atoms. The second-order valence-electron chi connectivity index (χ2n) is 6.72. The summed E-state index contributed by atoms with van der Waals surface area (Å²) < 4.78 is 1.75. The highest BCUT2D eigenvalue weighted by Crippen LogP contribution is 2.20.